The molecule has 0 saturated heterocycles. The molecule has 101 heavy (non-hydrogen) atoms. The molecule has 18 rings (SSSR count). The molecule has 0 amide bonds. The molecule has 0 aromatic heterocycles. The Kier molecular flexibility index (Phi) is 14.4. The van der Waals surface area contributed by atoms with E-state index in [4.69, 9.17) is 0 Å². The zero-order valence-electron chi connectivity index (χ0n) is 59.0. The summed E-state index contributed by atoms with van der Waals surface area (Å²) in [6, 6.07) is 121. The van der Waals surface area contributed by atoms with Gasteiger partial charge in [0.1, 0.15) is 0 Å². The third-order valence-corrected chi connectivity index (χ3v) is 21.8. The van der Waals surface area contributed by atoms with Crippen molar-refractivity contribution < 1.29 is 0 Å². The standard InChI is InChI=1S/C98H79BN2/c1-96(2,3)72-48-44-63(45-49-72)71-56-89-93-90(57-71)101(95-83(66-34-21-13-22-35-66)60-74(98(7,8)9)61-84(95)67-36-23-14-24-37-67)88-53-47-70(75-50-51-80-78-41-26-39-68-38-25-40-77(91(68)78)79-43-27-42-76(75)92(79)80)55-86(88)99(93)85-54-69(62-28-15-10-16-29-62)46-52-87(85)100(89)94-81(64-30-17-11-18-31-64)58-73(97(4,5)6)59-82(94)65-32-19-12-20-33-65/h10-61H,1-9H3. The number of hydrogen-bond donors (Lipinski definition) is 0. The van der Waals surface area contributed by atoms with Gasteiger partial charge in [-0.3, -0.25) is 0 Å². The molecule has 16 aromatic carbocycles. The van der Waals surface area contributed by atoms with E-state index >= 15 is 0 Å². The molecule has 0 bridgehead atoms. The van der Waals surface area contributed by atoms with Crippen molar-refractivity contribution in [3.8, 4) is 77.9 Å². The van der Waals surface area contributed by atoms with Crippen molar-refractivity contribution in [1.29, 1.82) is 0 Å². The highest BCUT2D eigenvalue weighted by Crippen LogP contribution is 2.56. The Bertz CT molecular complexity index is 5730. The van der Waals surface area contributed by atoms with Gasteiger partial charge in [0.15, 0.2) is 0 Å². The van der Waals surface area contributed by atoms with Gasteiger partial charge in [0, 0.05) is 45.0 Å². The molecular formula is C98H79BN2. The Labute approximate surface area is 594 Å². The largest absolute Gasteiger partial charge is 0.310 e. The van der Waals surface area contributed by atoms with Crippen molar-refractivity contribution in [3.63, 3.8) is 0 Å². The third-order valence-electron chi connectivity index (χ3n) is 21.8. The Hall–Kier alpha value is -11.5. The summed E-state index contributed by atoms with van der Waals surface area (Å²) in [4.78, 5) is 5.43. The summed E-state index contributed by atoms with van der Waals surface area (Å²) in [7, 11) is 0. The molecule has 2 nitrogen and oxygen atoms in total. The summed E-state index contributed by atoms with van der Waals surface area (Å²) in [6.45, 7) is 20.8. The first kappa shape index (κ1) is 61.8. The van der Waals surface area contributed by atoms with Gasteiger partial charge in [0.25, 0.3) is 6.71 Å². The monoisotopic (exact) mass is 1290 g/mol. The minimum absolute atomic E-state index is 0.0416. The van der Waals surface area contributed by atoms with Gasteiger partial charge < -0.3 is 9.80 Å². The summed E-state index contributed by atoms with van der Waals surface area (Å²) in [5, 5.41) is 10.3. The summed E-state index contributed by atoms with van der Waals surface area (Å²) in [5.74, 6) is 0. The number of hydrogen-bond acceptors (Lipinski definition) is 2. The second-order valence-corrected chi connectivity index (χ2v) is 31.2. The Morgan fingerprint density at radius 2 is 0.584 bits per heavy atom. The Balaban J connectivity index is 1.03. The zero-order chi connectivity index (χ0) is 68.6. The number of nitrogens with zero attached hydrogens (tertiary/aromatic N) is 2. The van der Waals surface area contributed by atoms with E-state index in [2.05, 4.69) is 388 Å². The average Bonchev–Trinajstić information content (AvgIpc) is 0.689. The maximum atomic E-state index is 2.72. The smallest absolute Gasteiger partial charge is 0.252 e. The van der Waals surface area contributed by atoms with Crippen LogP contribution in [0.5, 0.6) is 0 Å². The van der Waals surface area contributed by atoms with E-state index in [1.54, 1.807) is 0 Å². The summed E-state index contributed by atoms with van der Waals surface area (Å²) in [6.07, 6.45) is 0. The molecule has 0 unspecified atom stereocenters. The van der Waals surface area contributed by atoms with Crippen LogP contribution in [0.3, 0.4) is 0 Å². The molecule has 0 aliphatic carbocycles. The second-order valence-electron chi connectivity index (χ2n) is 31.2. The van der Waals surface area contributed by atoms with Gasteiger partial charge in [-0.1, -0.05) is 329 Å². The van der Waals surface area contributed by atoms with Crippen LogP contribution in [-0.4, -0.2) is 6.71 Å². The maximum Gasteiger partial charge on any atom is 0.252 e. The van der Waals surface area contributed by atoms with Crippen LogP contribution in [-0.2, 0) is 16.2 Å². The number of rotatable bonds is 9. The van der Waals surface area contributed by atoms with E-state index < -0.39 is 0 Å². The molecule has 484 valence electrons. The third kappa shape index (κ3) is 10.3. The lowest BCUT2D eigenvalue weighted by Crippen LogP contribution is -2.61. The lowest BCUT2D eigenvalue weighted by molar-refractivity contribution is 0.590. The van der Waals surface area contributed by atoms with Crippen LogP contribution in [0.1, 0.15) is 79.0 Å². The fourth-order valence-electron chi connectivity index (χ4n) is 16.7. The summed E-state index contributed by atoms with van der Waals surface area (Å²) in [5.41, 5.74) is 30.4. The first-order valence-electron chi connectivity index (χ1n) is 35.9. The molecule has 0 spiro atoms. The van der Waals surface area contributed by atoms with Crippen molar-refractivity contribution in [1.82, 2.24) is 0 Å². The normalized spacial score (nSPS) is 12.9. The average molecular weight is 1300 g/mol. The number of anilines is 6. The molecule has 2 aliphatic heterocycles. The molecule has 2 heterocycles. The molecule has 0 saturated carbocycles. The van der Waals surface area contributed by atoms with E-state index in [1.165, 1.54) is 121 Å². The van der Waals surface area contributed by atoms with Crippen LogP contribution in [0.15, 0.2) is 315 Å². The topological polar surface area (TPSA) is 6.48 Å². The number of benzene rings is 16. The fraction of sp³-hybridized carbons (Fsp3) is 0.122. The Morgan fingerprint density at radius 3 is 1.02 bits per heavy atom. The molecule has 0 fully saturated rings. The van der Waals surface area contributed by atoms with Crippen molar-refractivity contribution in [3.05, 3.63) is 332 Å². The summed E-state index contributed by atoms with van der Waals surface area (Å²) >= 11 is 0. The lowest BCUT2D eigenvalue weighted by atomic mass is 9.33. The molecular weight excluding hydrogens is 1220 g/mol. The van der Waals surface area contributed by atoms with Crippen LogP contribution < -0.4 is 26.2 Å². The van der Waals surface area contributed by atoms with Crippen LogP contribution in [0.4, 0.5) is 34.1 Å². The molecule has 16 aromatic rings. The number of fused-ring (bicyclic) bond motifs is 6. The van der Waals surface area contributed by atoms with Crippen LogP contribution >= 0.6 is 0 Å². The van der Waals surface area contributed by atoms with Gasteiger partial charge in [0.05, 0.1) is 11.4 Å². The highest BCUT2D eigenvalue weighted by molar-refractivity contribution is 7.00. The van der Waals surface area contributed by atoms with Gasteiger partial charge >= 0.3 is 0 Å². The molecule has 2 aliphatic rings. The van der Waals surface area contributed by atoms with Gasteiger partial charge in [-0.05, 0) is 197 Å². The highest BCUT2D eigenvalue weighted by Gasteiger charge is 2.46. The first-order valence-corrected chi connectivity index (χ1v) is 35.9. The van der Waals surface area contributed by atoms with Crippen molar-refractivity contribution in [2.75, 3.05) is 9.80 Å². The zero-order valence-corrected chi connectivity index (χ0v) is 59.0. The molecule has 0 atom stereocenters. The van der Waals surface area contributed by atoms with E-state index in [-0.39, 0.29) is 23.0 Å². The van der Waals surface area contributed by atoms with E-state index in [0.29, 0.717) is 0 Å². The highest BCUT2D eigenvalue weighted by atomic mass is 15.2. The second kappa shape index (κ2) is 23.6. The predicted molar refractivity (Wildman–Crippen MR) is 436 cm³/mol. The van der Waals surface area contributed by atoms with Crippen molar-refractivity contribution >= 4 is 100 Å². The van der Waals surface area contributed by atoms with Gasteiger partial charge in [-0.15, -0.1) is 0 Å². The SMILES string of the molecule is CC(C)(C)c1ccc(-c2cc3c4c(c2)N(c2c(-c5ccccc5)cc(C(C)(C)C)cc2-c2ccccc2)c2ccc(-c5ccc6c7cccc8cccc(c9cccc5c96)c87)cc2B4c2cc(-c4ccccc4)ccc2N3c2c(-c3ccccc3)cc(C(C)(C)C)cc2-c2ccccc2)cc1. The van der Waals surface area contributed by atoms with Gasteiger partial charge in [-0.2, -0.15) is 0 Å². The minimum Gasteiger partial charge on any atom is -0.310 e. The van der Waals surface area contributed by atoms with E-state index in [9.17, 15) is 0 Å². The van der Waals surface area contributed by atoms with Gasteiger partial charge in [-0.25, -0.2) is 0 Å². The fourth-order valence-corrected chi connectivity index (χ4v) is 16.7. The first-order chi connectivity index (χ1) is 49.0. The molecule has 3 heteroatoms. The quantitative estimate of drug-likeness (QED) is 0.0807. The predicted octanol–water partition coefficient (Wildman–Crippen LogP) is 25.4. The lowest BCUT2D eigenvalue weighted by Gasteiger charge is -2.46. The van der Waals surface area contributed by atoms with Crippen LogP contribution in [0.2, 0.25) is 0 Å². The van der Waals surface area contributed by atoms with Crippen LogP contribution in [0.25, 0.3) is 121 Å². The molecule has 0 radical (unpaired) electrons. The van der Waals surface area contributed by atoms with Crippen molar-refractivity contribution in [2.45, 2.75) is 78.6 Å². The summed E-state index contributed by atoms with van der Waals surface area (Å²) < 4.78 is 0. The molecule has 0 N–H and O–H groups in total. The maximum absolute atomic E-state index is 2.72. The van der Waals surface area contributed by atoms with E-state index in [1.807, 2.05) is 0 Å². The van der Waals surface area contributed by atoms with Gasteiger partial charge in [0.2, 0.25) is 0 Å². The van der Waals surface area contributed by atoms with Crippen molar-refractivity contribution in [2.24, 2.45) is 0 Å². The van der Waals surface area contributed by atoms with E-state index in [0.717, 1.165) is 67.5 Å². The minimum atomic E-state index is -0.258. The van der Waals surface area contributed by atoms with Crippen LogP contribution in [0, 0.1) is 0 Å². The Morgan fingerprint density at radius 1 is 0.228 bits per heavy atom.